The average molecular weight is 345 g/mol. The van der Waals surface area contributed by atoms with Gasteiger partial charge in [-0.15, -0.1) is 0 Å². The number of nitrogens with zero attached hydrogens (tertiary/aromatic N) is 2. The monoisotopic (exact) mass is 345 g/mol. The van der Waals surface area contributed by atoms with E-state index in [4.69, 9.17) is 9.26 Å². The molecule has 134 valence electrons. The van der Waals surface area contributed by atoms with Crippen molar-refractivity contribution in [3.05, 3.63) is 47.3 Å². The molecular formula is C18H23N3O4. The third kappa shape index (κ3) is 5.34. The van der Waals surface area contributed by atoms with Crippen LogP contribution < -0.4 is 10.1 Å². The van der Waals surface area contributed by atoms with Crippen LogP contribution in [0.1, 0.15) is 36.4 Å². The van der Waals surface area contributed by atoms with Crippen molar-refractivity contribution in [1.82, 2.24) is 15.4 Å². The minimum atomic E-state index is -0.405. The number of ether oxygens (including phenoxy) is 1. The van der Waals surface area contributed by atoms with Crippen molar-refractivity contribution >= 4 is 11.8 Å². The Bertz CT molecular complexity index is 724. The molecule has 25 heavy (non-hydrogen) atoms. The van der Waals surface area contributed by atoms with Crippen LogP contribution in [0.3, 0.4) is 0 Å². The van der Waals surface area contributed by atoms with Gasteiger partial charge in [0.25, 0.3) is 0 Å². The lowest BCUT2D eigenvalue weighted by Gasteiger charge is -2.22. The Labute approximate surface area is 146 Å². The number of carbonyl (C=O) groups is 2. The molecule has 0 bridgehead atoms. The van der Waals surface area contributed by atoms with E-state index < -0.39 is 6.04 Å². The van der Waals surface area contributed by atoms with E-state index in [2.05, 4.69) is 10.5 Å². The Balaban J connectivity index is 2.06. The molecule has 2 aromatic rings. The molecule has 0 aliphatic heterocycles. The molecule has 2 amide bonds. The zero-order valence-electron chi connectivity index (χ0n) is 14.9. The van der Waals surface area contributed by atoms with Crippen LogP contribution >= 0.6 is 0 Å². The molecule has 7 heteroatoms. The molecule has 0 radical (unpaired) electrons. The standard InChI is InChI=1S/C18H23N3O4/c1-12-9-15(20-25-12)11-21(3)18(23)10-17(19-13(2)22)14-5-7-16(24-4)8-6-14/h5-9,17H,10-11H2,1-4H3,(H,19,22)/t17-/m0/s1. The summed E-state index contributed by atoms with van der Waals surface area (Å²) in [7, 11) is 3.29. The van der Waals surface area contributed by atoms with Gasteiger partial charge in [0.15, 0.2) is 0 Å². The number of nitrogens with one attached hydrogen (secondary N) is 1. The van der Waals surface area contributed by atoms with Gasteiger partial charge >= 0.3 is 0 Å². The molecule has 0 aliphatic carbocycles. The average Bonchev–Trinajstić information content (AvgIpc) is 2.98. The number of rotatable bonds is 7. The van der Waals surface area contributed by atoms with Gasteiger partial charge in [0.1, 0.15) is 17.2 Å². The third-order valence-electron chi connectivity index (χ3n) is 3.78. The maximum atomic E-state index is 12.5. The Morgan fingerprint density at radius 1 is 1.32 bits per heavy atom. The minimum Gasteiger partial charge on any atom is -0.497 e. The van der Waals surface area contributed by atoms with Crippen LogP contribution in [0.5, 0.6) is 5.75 Å². The first-order chi connectivity index (χ1) is 11.9. The summed E-state index contributed by atoms with van der Waals surface area (Å²) in [5.74, 6) is 1.12. The maximum absolute atomic E-state index is 12.5. The van der Waals surface area contributed by atoms with Crippen molar-refractivity contribution in [2.24, 2.45) is 0 Å². The summed E-state index contributed by atoms with van der Waals surface area (Å²) in [6.45, 7) is 3.59. The maximum Gasteiger partial charge on any atom is 0.225 e. The van der Waals surface area contributed by atoms with E-state index in [9.17, 15) is 9.59 Å². The summed E-state index contributed by atoms with van der Waals surface area (Å²) in [5.41, 5.74) is 1.53. The van der Waals surface area contributed by atoms with E-state index in [0.717, 1.165) is 11.3 Å². The lowest BCUT2D eigenvalue weighted by molar-refractivity contribution is -0.131. The molecule has 1 heterocycles. The fourth-order valence-electron chi connectivity index (χ4n) is 2.49. The van der Waals surface area contributed by atoms with E-state index in [1.54, 1.807) is 44.2 Å². The highest BCUT2D eigenvalue weighted by Gasteiger charge is 2.20. The molecule has 7 nitrogen and oxygen atoms in total. The van der Waals surface area contributed by atoms with Gasteiger partial charge < -0.3 is 19.5 Å². The third-order valence-corrected chi connectivity index (χ3v) is 3.78. The number of benzene rings is 1. The zero-order chi connectivity index (χ0) is 18.4. The van der Waals surface area contributed by atoms with E-state index in [1.807, 2.05) is 12.1 Å². The van der Waals surface area contributed by atoms with Crippen LogP contribution in [0.2, 0.25) is 0 Å². The Morgan fingerprint density at radius 3 is 2.52 bits per heavy atom. The SMILES string of the molecule is COc1ccc([C@H](CC(=O)N(C)Cc2cc(C)on2)NC(C)=O)cc1. The number of methoxy groups -OCH3 is 1. The number of aromatic nitrogens is 1. The summed E-state index contributed by atoms with van der Waals surface area (Å²) in [4.78, 5) is 25.6. The molecule has 1 atom stereocenters. The first-order valence-corrected chi connectivity index (χ1v) is 7.96. The van der Waals surface area contributed by atoms with Crippen LogP contribution in [0.25, 0.3) is 0 Å². The molecule has 1 N–H and O–H groups in total. The smallest absolute Gasteiger partial charge is 0.225 e. The van der Waals surface area contributed by atoms with Gasteiger partial charge in [0, 0.05) is 20.0 Å². The normalized spacial score (nSPS) is 11.7. The first kappa shape index (κ1) is 18.5. The van der Waals surface area contributed by atoms with E-state index in [1.165, 1.54) is 6.92 Å². The summed E-state index contributed by atoms with van der Waals surface area (Å²) in [6, 6.07) is 8.67. The second kappa shape index (κ2) is 8.32. The van der Waals surface area contributed by atoms with Crippen molar-refractivity contribution in [3.63, 3.8) is 0 Å². The molecule has 1 aromatic carbocycles. The minimum absolute atomic E-state index is 0.102. The van der Waals surface area contributed by atoms with Crippen molar-refractivity contribution in [1.29, 1.82) is 0 Å². The fraction of sp³-hybridized carbons (Fsp3) is 0.389. The molecule has 0 saturated carbocycles. The van der Waals surface area contributed by atoms with E-state index in [-0.39, 0.29) is 18.2 Å². The van der Waals surface area contributed by atoms with Crippen LogP contribution in [0.15, 0.2) is 34.9 Å². The molecule has 0 unspecified atom stereocenters. The molecule has 1 aromatic heterocycles. The Hall–Kier alpha value is -2.83. The van der Waals surface area contributed by atoms with Crippen LogP contribution in [0, 0.1) is 6.92 Å². The highest BCUT2D eigenvalue weighted by Crippen LogP contribution is 2.21. The lowest BCUT2D eigenvalue weighted by Crippen LogP contribution is -2.33. The number of hydrogen-bond acceptors (Lipinski definition) is 5. The van der Waals surface area contributed by atoms with Gasteiger partial charge in [0.2, 0.25) is 11.8 Å². The number of amides is 2. The van der Waals surface area contributed by atoms with Gasteiger partial charge in [-0.2, -0.15) is 0 Å². The van der Waals surface area contributed by atoms with Crippen molar-refractivity contribution in [2.75, 3.05) is 14.2 Å². The lowest BCUT2D eigenvalue weighted by atomic mass is 10.0. The predicted molar refractivity (Wildman–Crippen MR) is 91.9 cm³/mol. The van der Waals surface area contributed by atoms with E-state index >= 15 is 0 Å². The Morgan fingerprint density at radius 2 is 2.00 bits per heavy atom. The Kier molecular flexibility index (Phi) is 6.16. The van der Waals surface area contributed by atoms with Gasteiger partial charge in [-0.1, -0.05) is 17.3 Å². The molecule has 0 saturated heterocycles. The quantitative estimate of drug-likeness (QED) is 0.832. The van der Waals surface area contributed by atoms with E-state index in [0.29, 0.717) is 18.0 Å². The second-order valence-corrected chi connectivity index (χ2v) is 5.91. The molecule has 0 spiro atoms. The summed E-state index contributed by atoms with van der Waals surface area (Å²) in [5, 5.41) is 6.72. The van der Waals surface area contributed by atoms with Crippen LogP contribution in [-0.2, 0) is 16.1 Å². The summed E-state index contributed by atoms with van der Waals surface area (Å²) < 4.78 is 10.2. The van der Waals surface area contributed by atoms with Gasteiger partial charge in [0.05, 0.1) is 26.1 Å². The molecular weight excluding hydrogens is 322 g/mol. The van der Waals surface area contributed by atoms with Crippen molar-refractivity contribution in [3.8, 4) is 5.75 Å². The zero-order valence-corrected chi connectivity index (χ0v) is 14.9. The number of hydrogen-bond donors (Lipinski definition) is 1. The first-order valence-electron chi connectivity index (χ1n) is 7.96. The topological polar surface area (TPSA) is 84.7 Å². The molecule has 0 fully saturated rings. The number of carbonyl (C=O) groups excluding carboxylic acids is 2. The van der Waals surface area contributed by atoms with Gasteiger partial charge in [-0.05, 0) is 24.6 Å². The summed E-state index contributed by atoms with van der Waals surface area (Å²) in [6.07, 6.45) is 0.152. The second-order valence-electron chi connectivity index (χ2n) is 5.91. The highest BCUT2D eigenvalue weighted by atomic mass is 16.5. The van der Waals surface area contributed by atoms with Crippen molar-refractivity contribution in [2.45, 2.75) is 32.9 Å². The number of aryl methyl sites for hydroxylation is 1. The fourth-order valence-corrected chi connectivity index (χ4v) is 2.49. The van der Waals surface area contributed by atoms with Crippen LogP contribution in [0.4, 0.5) is 0 Å². The van der Waals surface area contributed by atoms with Crippen molar-refractivity contribution < 1.29 is 18.8 Å². The highest BCUT2D eigenvalue weighted by molar-refractivity contribution is 5.79. The van der Waals surface area contributed by atoms with Gasteiger partial charge in [-0.3, -0.25) is 9.59 Å². The predicted octanol–water partition coefficient (Wildman–Crippen LogP) is 2.22. The largest absolute Gasteiger partial charge is 0.497 e. The van der Waals surface area contributed by atoms with Gasteiger partial charge in [-0.25, -0.2) is 0 Å². The molecule has 0 aliphatic rings. The summed E-state index contributed by atoms with van der Waals surface area (Å²) >= 11 is 0. The molecule has 2 rings (SSSR count). The van der Waals surface area contributed by atoms with Crippen LogP contribution in [-0.4, -0.2) is 36.0 Å².